The van der Waals surface area contributed by atoms with Crippen molar-refractivity contribution >= 4 is 105 Å². The largest absolute Gasteiger partial charge is 0.480 e. The lowest BCUT2D eigenvalue weighted by molar-refractivity contribution is -0.172. The second-order valence-electron chi connectivity index (χ2n) is 31.8. The normalized spacial score (nSPS) is 28.8. The topological polar surface area (TPSA) is 488 Å². The first-order valence-electron chi connectivity index (χ1n) is 41.8. The highest BCUT2D eigenvalue weighted by molar-refractivity contribution is 5.99. The number of ether oxygens (including phenoxy) is 11. The molecule has 6 aromatic heterocycles. The van der Waals surface area contributed by atoms with Crippen LogP contribution in [0, 0.1) is 0 Å². The number of aliphatic carboxylic acids is 1. The molecule has 9 aromatic rings. The molecule has 7 N–H and O–H groups in total. The van der Waals surface area contributed by atoms with Crippen LogP contribution in [-0.4, -0.2) is 256 Å². The molecule has 0 radical (unpaired) electrons. The second-order valence-corrected chi connectivity index (χ2v) is 31.8. The molecule has 124 heavy (non-hydrogen) atoms. The number of imidazole rings is 3. The lowest BCUT2D eigenvalue weighted by atomic mass is 10.1. The maximum absolute atomic E-state index is 14.0. The van der Waals surface area contributed by atoms with Gasteiger partial charge in [-0.15, -0.1) is 0 Å². The summed E-state index contributed by atoms with van der Waals surface area (Å²) in [6, 6.07) is 25.4. The van der Waals surface area contributed by atoms with E-state index >= 15 is 0 Å². The van der Waals surface area contributed by atoms with Crippen LogP contribution >= 0.6 is 0 Å². The molecule has 42 nitrogen and oxygen atoms in total. The molecule has 9 saturated heterocycles. The van der Waals surface area contributed by atoms with Crippen molar-refractivity contribution in [3.05, 3.63) is 146 Å². The molecule has 9 aliphatic heterocycles. The zero-order valence-corrected chi connectivity index (χ0v) is 67.1. The predicted molar refractivity (Wildman–Crippen MR) is 425 cm³/mol. The number of carbonyl (C=O) groups is 9. The van der Waals surface area contributed by atoms with Gasteiger partial charge in [-0.25, -0.2) is 73.6 Å². The third-order valence-electron chi connectivity index (χ3n) is 23.5. The van der Waals surface area contributed by atoms with Crippen molar-refractivity contribution in [2.75, 3.05) is 48.8 Å². The zero-order chi connectivity index (χ0) is 85.0. The zero-order valence-electron chi connectivity index (χ0n) is 67.1. The Morgan fingerprint density at radius 2 is 0.661 bits per heavy atom. The molecule has 3 aliphatic carbocycles. The van der Waals surface area contributed by atoms with E-state index in [0.29, 0.717) is 91.7 Å². The van der Waals surface area contributed by atoms with Gasteiger partial charge in [-0.3, -0.25) is 44.0 Å². The first kappa shape index (κ1) is 81.3. The summed E-state index contributed by atoms with van der Waals surface area (Å²) in [6.45, 7) is 5.07. The maximum Gasteiger partial charge on any atom is 0.328 e. The number of amides is 9. The number of carbonyl (C=O) groups excluding carboxylic acids is 8. The smallest absolute Gasteiger partial charge is 0.328 e. The number of carboxylic acid groups (broad SMARTS) is 1. The van der Waals surface area contributed by atoms with E-state index in [1.165, 1.54) is 52.7 Å². The van der Waals surface area contributed by atoms with Crippen molar-refractivity contribution < 1.29 is 100 Å². The number of fused-ring (bicyclic) bond motifs is 6. The summed E-state index contributed by atoms with van der Waals surface area (Å²) in [5, 5.41) is 26.5. The van der Waals surface area contributed by atoms with Gasteiger partial charge in [-0.2, -0.15) is 0 Å². The number of rotatable bonds is 20. The van der Waals surface area contributed by atoms with Gasteiger partial charge >= 0.3 is 36.0 Å². The summed E-state index contributed by atoms with van der Waals surface area (Å²) in [5.74, 6) is -2.36. The molecular weight excluding hydrogens is 1620 g/mol. The average molecular weight is 1700 g/mol. The minimum Gasteiger partial charge on any atom is -0.480 e. The number of hydrogen-bond donors (Lipinski definition) is 7. The SMILES string of the molecule is CCOC(=O)[C@@H]1CCCN1C(=O)C1OC(n2cnc3c(NC(=O)NC4CC4)ncnc32)C2O[C@@H](c3ccccc3)OC12.CCOC(=O)[C@@H]1CCCN1C(=O)C1OC(n2cnc3c(NC(=O)NC4CC4)ncnc32)C2O[C@@H](c3ccccc3)OC12.O=C(Nc1ncnc2c1ncn2C1OC(C(=O)N2CCC[C@H]2C(=O)O)C2O[C@H](c3ccccc3)OC21)NC1CC1. The number of hydrogen-bond acceptors (Lipinski definition) is 29. The minimum atomic E-state index is -1.11. The second kappa shape index (κ2) is 34.7. The number of carboxylic acids is 1. The van der Waals surface area contributed by atoms with Crippen LogP contribution in [0.15, 0.2) is 129 Å². The molecule has 648 valence electrons. The molecule has 15 heterocycles. The highest BCUT2D eigenvalue weighted by Crippen LogP contribution is 2.50. The number of esters is 2. The summed E-state index contributed by atoms with van der Waals surface area (Å²) in [5.41, 5.74) is 4.58. The molecule has 12 unspecified atom stereocenters. The van der Waals surface area contributed by atoms with Gasteiger partial charge in [0.15, 0.2) is 107 Å². The number of benzene rings is 3. The summed E-state index contributed by atoms with van der Waals surface area (Å²) in [7, 11) is 0. The Morgan fingerprint density at radius 1 is 0.371 bits per heavy atom. The molecule has 12 fully saturated rings. The van der Waals surface area contributed by atoms with E-state index in [-0.39, 0.29) is 78.7 Å². The number of anilines is 3. The lowest BCUT2D eigenvalue weighted by Gasteiger charge is -2.27. The van der Waals surface area contributed by atoms with Crippen LogP contribution < -0.4 is 31.9 Å². The van der Waals surface area contributed by atoms with Gasteiger partial charge in [0.1, 0.15) is 73.7 Å². The van der Waals surface area contributed by atoms with Crippen molar-refractivity contribution in [1.29, 1.82) is 0 Å². The van der Waals surface area contributed by atoms with E-state index in [4.69, 9.17) is 52.1 Å². The molecule has 3 saturated carbocycles. The van der Waals surface area contributed by atoms with Gasteiger partial charge in [0.2, 0.25) is 0 Å². The molecule has 42 heteroatoms. The molecule has 0 bridgehead atoms. The van der Waals surface area contributed by atoms with Gasteiger partial charge in [0.05, 0.1) is 32.2 Å². The summed E-state index contributed by atoms with van der Waals surface area (Å²) in [4.78, 5) is 159. The first-order chi connectivity index (χ1) is 60.5. The standard InChI is InChI=1S/2C28H31N7O7.C26H27N7O7/c2*1-2-39-26(37)17-9-6-12-34(17)24(36)20-19-21(42-27(41-19)15-7-4-3-5-8-15)25(40-20)35-14-31-18-22(29-13-30-23(18)35)33-28(38)32-16-10-11-16;34-22(32-10-4-7-15(32)24(35)36)18-17-19(40-25(39-17)13-5-2-1-3-6-13)23(38-18)33-12-29-16-20(27-11-28-21(16)33)31-26(37)30-14-8-9-14/h2*3-5,7-8,13-14,16-17,19-21,25,27H,2,6,9-12H2,1H3,(H2,29,30,32,33,38);1-3,5-6,11-12,14-15,17-19,23,25H,4,7-10H2,(H,35,36)(H2,27,28,30,31,37)/t2*17-,19?,20?,21?,25?,27-;15-,17?,18?,19?,23?,25-/m000/s1. The van der Waals surface area contributed by atoms with Gasteiger partial charge in [0, 0.05) is 54.5 Å². The highest BCUT2D eigenvalue weighted by atomic mass is 16.8. The van der Waals surface area contributed by atoms with Crippen molar-refractivity contribution in [2.45, 2.75) is 220 Å². The number of nitrogens with one attached hydrogen (secondary N) is 6. The number of aromatic nitrogens is 12. The van der Waals surface area contributed by atoms with Crippen molar-refractivity contribution in [1.82, 2.24) is 89.2 Å². The molecular formula is C82H89N21O21. The van der Waals surface area contributed by atoms with E-state index < -0.39 is 134 Å². The van der Waals surface area contributed by atoms with Crippen LogP contribution in [0.5, 0.6) is 0 Å². The Morgan fingerprint density at radius 3 is 0.952 bits per heavy atom. The molecule has 0 spiro atoms. The summed E-state index contributed by atoms with van der Waals surface area (Å²) >= 11 is 0. The van der Waals surface area contributed by atoms with Crippen molar-refractivity contribution in [3.8, 4) is 0 Å². The van der Waals surface area contributed by atoms with Crippen molar-refractivity contribution in [2.24, 2.45) is 0 Å². The molecule has 9 amide bonds. The Kier molecular flexibility index (Phi) is 22.7. The lowest BCUT2D eigenvalue weighted by Crippen LogP contribution is -2.49. The third kappa shape index (κ3) is 16.3. The van der Waals surface area contributed by atoms with Crippen LogP contribution in [0.2, 0.25) is 0 Å². The number of likely N-dealkylation sites (tertiary alicyclic amines) is 3. The van der Waals surface area contributed by atoms with Gasteiger partial charge in [0.25, 0.3) is 17.7 Å². The fraction of sp³-hybridized carbons (Fsp3) is 0.488. The fourth-order valence-corrected chi connectivity index (χ4v) is 17.2. The highest BCUT2D eigenvalue weighted by Gasteiger charge is 2.62. The molecule has 21 rings (SSSR count). The van der Waals surface area contributed by atoms with Crippen LogP contribution in [0.4, 0.5) is 31.8 Å². The predicted octanol–water partition coefficient (Wildman–Crippen LogP) is 5.66. The molecule has 18 atom stereocenters. The number of urea groups is 3. The van der Waals surface area contributed by atoms with Gasteiger partial charge in [-0.1, -0.05) is 91.0 Å². The number of nitrogens with zero attached hydrogens (tertiary/aromatic N) is 15. The van der Waals surface area contributed by atoms with Crippen LogP contribution in [0.3, 0.4) is 0 Å². The molecule has 3 aromatic carbocycles. The van der Waals surface area contributed by atoms with E-state index in [1.54, 1.807) is 27.5 Å². The maximum atomic E-state index is 14.0. The average Bonchev–Trinajstić information content (AvgIpc) is 1.59. The monoisotopic (exact) mass is 1700 g/mol. The van der Waals surface area contributed by atoms with E-state index in [1.807, 2.05) is 91.0 Å². The Balaban J connectivity index is 0.000000122. The van der Waals surface area contributed by atoms with E-state index in [2.05, 4.69) is 76.8 Å². The van der Waals surface area contributed by atoms with Crippen LogP contribution in [0.1, 0.15) is 145 Å². The Bertz CT molecular complexity index is 5290. The first-order valence-corrected chi connectivity index (χ1v) is 41.8. The summed E-state index contributed by atoms with van der Waals surface area (Å²) in [6.07, 6.45) is 5.13. The van der Waals surface area contributed by atoms with Gasteiger partial charge in [-0.05, 0) is 90.9 Å². The van der Waals surface area contributed by atoms with E-state index in [9.17, 15) is 48.3 Å². The quantitative estimate of drug-likeness (QED) is 0.0453. The Hall–Kier alpha value is -12.4. The Labute approximate surface area is 705 Å². The third-order valence-corrected chi connectivity index (χ3v) is 23.5. The molecule has 12 aliphatic rings. The van der Waals surface area contributed by atoms with Crippen LogP contribution in [0.25, 0.3) is 33.5 Å². The van der Waals surface area contributed by atoms with Crippen LogP contribution in [-0.2, 0) is 80.9 Å². The van der Waals surface area contributed by atoms with Crippen molar-refractivity contribution in [3.63, 3.8) is 0 Å². The van der Waals surface area contributed by atoms with Gasteiger partial charge < -0.3 is 87.9 Å². The minimum absolute atomic E-state index is 0.168. The fourth-order valence-electron chi connectivity index (χ4n) is 17.2. The summed E-state index contributed by atoms with van der Waals surface area (Å²) < 4.78 is 72.4. The van der Waals surface area contributed by atoms with E-state index in [0.717, 1.165) is 55.2 Å².